The number of amides is 1. The van der Waals surface area contributed by atoms with Crippen LogP contribution < -0.4 is 0 Å². The molecular weight excluding hydrogens is 268 g/mol. The van der Waals surface area contributed by atoms with E-state index in [0.717, 1.165) is 10.9 Å². The van der Waals surface area contributed by atoms with E-state index in [2.05, 4.69) is 4.98 Å². The van der Waals surface area contributed by atoms with Crippen molar-refractivity contribution < 1.29 is 14.7 Å². The van der Waals surface area contributed by atoms with Crippen LogP contribution in [0.4, 0.5) is 0 Å². The fourth-order valence-electron chi connectivity index (χ4n) is 2.72. The number of hydrogen-bond acceptors (Lipinski definition) is 3. The van der Waals surface area contributed by atoms with Crippen LogP contribution in [0.25, 0.3) is 10.9 Å². The highest BCUT2D eigenvalue weighted by atomic mass is 16.4. The molecule has 108 valence electrons. The van der Waals surface area contributed by atoms with Gasteiger partial charge < -0.3 is 10.0 Å². The lowest BCUT2D eigenvalue weighted by atomic mass is 9.96. The molecule has 2 aromatic rings. The van der Waals surface area contributed by atoms with Gasteiger partial charge in [-0.1, -0.05) is 6.07 Å². The molecule has 0 atom stereocenters. The van der Waals surface area contributed by atoms with Gasteiger partial charge in [0.2, 0.25) is 0 Å². The number of fused-ring (bicyclic) bond motifs is 1. The number of nitrogens with zero attached hydrogens (tertiary/aromatic N) is 2. The van der Waals surface area contributed by atoms with Crippen molar-refractivity contribution in [2.45, 2.75) is 12.8 Å². The van der Waals surface area contributed by atoms with E-state index < -0.39 is 5.97 Å². The number of benzene rings is 1. The van der Waals surface area contributed by atoms with Crippen molar-refractivity contribution in [3.8, 4) is 0 Å². The zero-order chi connectivity index (χ0) is 14.8. The number of carboxylic acid groups (broad SMARTS) is 1. The Hall–Kier alpha value is -2.43. The van der Waals surface area contributed by atoms with E-state index in [1.54, 1.807) is 17.2 Å². The predicted octanol–water partition coefficient (Wildman–Crippen LogP) is 2.17. The van der Waals surface area contributed by atoms with E-state index in [1.165, 1.54) is 0 Å². The van der Waals surface area contributed by atoms with E-state index >= 15 is 0 Å². The zero-order valence-electron chi connectivity index (χ0n) is 11.5. The predicted molar refractivity (Wildman–Crippen MR) is 78.0 cm³/mol. The van der Waals surface area contributed by atoms with E-state index in [4.69, 9.17) is 5.11 Å². The van der Waals surface area contributed by atoms with E-state index in [-0.39, 0.29) is 11.8 Å². The number of rotatable bonds is 2. The molecule has 1 aromatic heterocycles. The average Bonchev–Trinajstić information content (AvgIpc) is 2.54. The van der Waals surface area contributed by atoms with Gasteiger partial charge in [-0.05, 0) is 37.1 Å². The maximum absolute atomic E-state index is 12.5. The van der Waals surface area contributed by atoms with Gasteiger partial charge in [-0.3, -0.25) is 14.6 Å². The maximum Gasteiger partial charge on any atom is 0.306 e. The number of carbonyl (C=O) groups excluding carboxylic acids is 1. The molecule has 0 radical (unpaired) electrons. The molecule has 3 rings (SSSR count). The monoisotopic (exact) mass is 284 g/mol. The second kappa shape index (κ2) is 5.52. The van der Waals surface area contributed by atoms with Crippen LogP contribution in [0, 0.1) is 5.92 Å². The summed E-state index contributed by atoms with van der Waals surface area (Å²) in [5.74, 6) is -1.13. The topological polar surface area (TPSA) is 70.5 Å². The fourth-order valence-corrected chi connectivity index (χ4v) is 2.72. The highest BCUT2D eigenvalue weighted by Crippen LogP contribution is 2.20. The van der Waals surface area contributed by atoms with E-state index in [9.17, 15) is 9.59 Å². The molecule has 0 bridgehead atoms. The normalized spacial score (nSPS) is 16.1. The molecule has 0 aliphatic carbocycles. The van der Waals surface area contributed by atoms with Crippen molar-refractivity contribution >= 4 is 22.8 Å². The number of carboxylic acids is 1. The molecular formula is C16H16N2O3. The highest BCUT2D eigenvalue weighted by molar-refractivity contribution is 5.98. The smallest absolute Gasteiger partial charge is 0.306 e. The molecule has 0 spiro atoms. The van der Waals surface area contributed by atoms with Gasteiger partial charge in [-0.25, -0.2) is 0 Å². The van der Waals surface area contributed by atoms with Gasteiger partial charge in [-0.15, -0.1) is 0 Å². The Bertz CT molecular complexity index is 691. The minimum atomic E-state index is -0.765. The Morgan fingerprint density at radius 1 is 1.19 bits per heavy atom. The van der Waals surface area contributed by atoms with Crippen LogP contribution in [0.5, 0.6) is 0 Å². The molecule has 0 saturated carbocycles. The molecule has 1 fully saturated rings. The Balaban J connectivity index is 1.76. The van der Waals surface area contributed by atoms with Crippen LogP contribution in [0.2, 0.25) is 0 Å². The highest BCUT2D eigenvalue weighted by Gasteiger charge is 2.27. The Morgan fingerprint density at radius 3 is 2.67 bits per heavy atom. The number of aromatic nitrogens is 1. The molecule has 1 aromatic carbocycles. The second-order valence-corrected chi connectivity index (χ2v) is 5.32. The third-order valence-corrected chi connectivity index (χ3v) is 3.98. The summed E-state index contributed by atoms with van der Waals surface area (Å²) >= 11 is 0. The second-order valence-electron chi connectivity index (χ2n) is 5.32. The molecule has 5 nitrogen and oxygen atoms in total. The number of piperidine rings is 1. The Labute approximate surface area is 122 Å². The van der Waals surface area contributed by atoms with Gasteiger partial charge in [0.05, 0.1) is 11.4 Å². The molecule has 1 saturated heterocycles. The van der Waals surface area contributed by atoms with Crippen molar-refractivity contribution in [2.75, 3.05) is 13.1 Å². The number of hydrogen-bond donors (Lipinski definition) is 1. The van der Waals surface area contributed by atoms with Gasteiger partial charge in [0, 0.05) is 30.2 Å². The summed E-state index contributed by atoms with van der Waals surface area (Å²) in [6.45, 7) is 1.00. The number of pyridine rings is 1. The van der Waals surface area contributed by atoms with Crippen LogP contribution in [-0.2, 0) is 4.79 Å². The number of aliphatic carboxylic acids is 1. The first kappa shape index (κ1) is 13.5. The third kappa shape index (κ3) is 2.72. The van der Waals surface area contributed by atoms with Gasteiger partial charge >= 0.3 is 5.97 Å². The molecule has 0 unspecified atom stereocenters. The lowest BCUT2D eigenvalue weighted by Crippen LogP contribution is -2.40. The molecule has 1 N–H and O–H groups in total. The van der Waals surface area contributed by atoms with Crippen molar-refractivity contribution in [2.24, 2.45) is 5.92 Å². The van der Waals surface area contributed by atoms with E-state index in [0.29, 0.717) is 31.5 Å². The molecule has 2 heterocycles. The first-order valence-electron chi connectivity index (χ1n) is 7.02. The van der Waals surface area contributed by atoms with Crippen molar-refractivity contribution in [1.29, 1.82) is 0 Å². The summed E-state index contributed by atoms with van der Waals surface area (Å²) in [5, 5.41) is 9.92. The third-order valence-electron chi connectivity index (χ3n) is 3.98. The largest absolute Gasteiger partial charge is 0.481 e. The molecule has 1 aliphatic rings. The minimum absolute atomic E-state index is 0.0374. The number of likely N-dealkylation sites (tertiary alicyclic amines) is 1. The zero-order valence-corrected chi connectivity index (χ0v) is 11.5. The molecule has 5 heteroatoms. The van der Waals surface area contributed by atoms with Crippen LogP contribution in [0.15, 0.2) is 36.5 Å². The maximum atomic E-state index is 12.5. The Morgan fingerprint density at radius 2 is 1.95 bits per heavy atom. The standard InChI is InChI=1S/C16H16N2O3/c19-15(18-8-5-11(6-9-18)16(20)21)13-3-4-14-12(10-13)2-1-7-17-14/h1-4,7,10-11H,5-6,8-9H2,(H,20,21). The SMILES string of the molecule is O=C(O)C1CCN(C(=O)c2ccc3ncccc3c2)CC1. The van der Waals surface area contributed by atoms with Crippen molar-refractivity contribution in [3.63, 3.8) is 0 Å². The number of carbonyl (C=O) groups is 2. The summed E-state index contributed by atoms with van der Waals surface area (Å²) < 4.78 is 0. The van der Waals surface area contributed by atoms with Crippen LogP contribution >= 0.6 is 0 Å². The van der Waals surface area contributed by atoms with E-state index in [1.807, 2.05) is 24.3 Å². The van der Waals surface area contributed by atoms with Gasteiger partial charge in [0.15, 0.2) is 0 Å². The van der Waals surface area contributed by atoms with Crippen LogP contribution in [0.3, 0.4) is 0 Å². The molecule has 1 amide bonds. The molecule has 21 heavy (non-hydrogen) atoms. The minimum Gasteiger partial charge on any atom is -0.481 e. The molecule has 1 aliphatic heterocycles. The summed E-state index contributed by atoms with van der Waals surface area (Å²) in [6, 6.07) is 9.23. The first-order valence-corrected chi connectivity index (χ1v) is 7.02. The van der Waals surface area contributed by atoms with Gasteiger partial charge in [-0.2, -0.15) is 0 Å². The summed E-state index contributed by atoms with van der Waals surface area (Å²) in [6.07, 6.45) is 2.77. The quantitative estimate of drug-likeness (QED) is 0.917. The van der Waals surface area contributed by atoms with Crippen LogP contribution in [-0.4, -0.2) is 40.0 Å². The summed E-state index contributed by atoms with van der Waals surface area (Å²) in [4.78, 5) is 29.4. The summed E-state index contributed by atoms with van der Waals surface area (Å²) in [7, 11) is 0. The van der Waals surface area contributed by atoms with Crippen molar-refractivity contribution in [1.82, 2.24) is 9.88 Å². The lowest BCUT2D eigenvalue weighted by molar-refractivity contribution is -0.143. The lowest BCUT2D eigenvalue weighted by Gasteiger charge is -2.30. The van der Waals surface area contributed by atoms with Crippen molar-refractivity contribution in [3.05, 3.63) is 42.1 Å². The Kier molecular flexibility index (Phi) is 3.56. The van der Waals surface area contributed by atoms with Gasteiger partial charge in [0.25, 0.3) is 5.91 Å². The summed E-state index contributed by atoms with van der Waals surface area (Å²) in [5.41, 5.74) is 1.49. The van der Waals surface area contributed by atoms with Gasteiger partial charge in [0.1, 0.15) is 0 Å². The van der Waals surface area contributed by atoms with Crippen LogP contribution in [0.1, 0.15) is 23.2 Å². The fraction of sp³-hybridized carbons (Fsp3) is 0.312. The first-order chi connectivity index (χ1) is 10.1. The average molecular weight is 284 g/mol.